The van der Waals surface area contributed by atoms with Crippen LogP contribution in [0.5, 0.6) is 0 Å². The third-order valence-electron chi connectivity index (χ3n) is 2.67. The molecule has 0 radical (unpaired) electrons. The lowest BCUT2D eigenvalue weighted by atomic mass is 10.1. The smallest absolute Gasteiger partial charge is 0.0192 e. The molecule has 1 aliphatic rings. The highest BCUT2D eigenvalue weighted by Crippen LogP contribution is 2.10. The molecule has 1 rings (SSSR count). The Bertz CT molecular complexity index is 130. The predicted molar refractivity (Wildman–Crippen MR) is 61.5 cm³/mol. The van der Waals surface area contributed by atoms with E-state index in [-0.39, 0.29) is 0 Å². The van der Waals surface area contributed by atoms with Crippen LogP contribution in [0.1, 0.15) is 19.8 Å². The van der Waals surface area contributed by atoms with E-state index in [1.807, 2.05) is 11.8 Å². The van der Waals surface area contributed by atoms with Gasteiger partial charge in [-0.15, -0.1) is 0 Å². The van der Waals surface area contributed by atoms with E-state index in [4.69, 9.17) is 0 Å². The molecule has 2 nitrogen and oxygen atoms in total. The van der Waals surface area contributed by atoms with Crippen molar-refractivity contribution in [3.8, 4) is 0 Å². The largest absolute Gasteiger partial charge is 0.316 e. The minimum Gasteiger partial charge on any atom is -0.316 e. The molecule has 1 heterocycles. The van der Waals surface area contributed by atoms with Gasteiger partial charge in [0.2, 0.25) is 0 Å². The van der Waals surface area contributed by atoms with E-state index in [9.17, 15) is 0 Å². The molecule has 0 aromatic carbocycles. The number of piperidine rings is 1. The van der Waals surface area contributed by atoms with E-state index in [2.05, 4.69) is 24.2 Å². The molecule has 1 saturated heterocycles. The van der Waals surface area contributed by atoms with Crippen LogP contribution in [-0.4, -0.2) is 49.1 Å². The van der Waals surface area contributed by atoms with Gasteiger partial charge in [-0.05, 0) is 32.2 Å². The first kappa shape index (κ1) is 11.3. The van der Waals surface area contributed by atoms with Gasteiger partial charge in [0.1, 0.15) is 0 Å². The van der Waals surface area contributed by atoms with Crippen molar-refractivity contribution in [3.63, 3.8) is 0 Å². The quantitative estimate of drug-likeness (QED) is 0.679. The lowest BCUT2D eigenvalue weighted by molar-refractivity contribution is 0.206. The fourth-order valence-corrected chi connectivity index (χ4v) is 2.51. The fourth-order valence-electron chi connectivity index (χ4n) is 1.83. The molecule has 13 heavy (non-hydrogen) atoms. The van der Waals surface area contributed by atoms with Gasteiger partial charge < -0.3 is 10.2 Å². The topological polar surface area (TPSA) is 15.3 Å². The zero-order valence-electron chi connectivity index (χ0n) is 8.88. The van der Waals surface area contributed by atoms with E-state index in [1.54, 1.807) is 0 Å². The average molecular weight is 202 g/mol. The minimum absolute atomic E-state index is 0.736. The van der Waals surface area contributed by atoms with Gasteiger partial charge in [0.15, 0.2) is 0 Å². The molecule has 0 aromatic heterocycles. The fraction of sp³-hybridized carbons (Fsp3) is 1.00. The van der Waals surface area contributed by atoms with Gasteiger partial charge in [-0.2, -0.15) is 11.8 Å². The number of nitrogens with one attached hydrogen (secondary N) is 1. The van der Waals surface area contributed by atoms with Crippen LogP contribution in [0, 0.1) is 0 Å². The van der Waals surface area contributed by atoms with E-state index in [0.717, 1.165) is 6.04 Å². The SMILES string of the molecule is CCSCCN1CCCC(NC)C1. The second kappa shape index (κ2) is 6.68. The lowest BCUT2D eigenvalue weighted by Gasteiger charge is -2.32. The monoisotopic (exact) mass is 202 g/mol. The summed E-state index contributed by atoms with van der Waals surface area (Å²) in [6, 6.07) is 0.736. The van der Waals surface area contributed by atoms with Crippen molar-refractivity contribution in [3.05, 3.63) is 0 Å². The van der Waals surface area contributed by atoms with Crippen LogP contribution in [0.25, 0.3) is 0 Å². The van der Waals surface area contributed by atoms with Gasteiger partial charge in [-0.3, -0.25) is 0 Å². The molecule has 0 aromatic rings. The minimum atomic E-state index is 0.736. The third kappa shape index (κ3) is 4.34. The second-order valence-electron chi connectivity index (χ2n) is 3.63. The Morgan fingerprint density at radius 3 is 3.08 bits per heavy atom. The summed E-state index contributed by atoms with van der Waals surface area (Å²) in [6.45, 7) is 6.07. The maximum Gasteiger partial charge on any atom is 0.0192 e. The highest BCUT2D eigenvalue weighted by molar-refractivity contribution is 7.99. The van der Waals surface area contributed by atoms with Crippen LogP contribution in [0.3, 0.4) is 0 Å². The number of nitrogens with zero attached hydrogens (tertiary/aromatic N) is 1. The first-order valence-electron chi connectivity index (χ1n) is 5.34. The van der Waals surface area contributed by atoms with Crippen LogP contribution in [0.15, 0.2) is 0 Å². The van der Waals surface area contributed by atoms with Gasteiger partial charge in [0.25, 0.3) is 0 Å². The van der Waals surface area contributed by atoms with Crippen molar-refractivity contribution >= 4 is 11.8 Å². The number of hydrogen-bond donors (Lipinski definition) is 1. The lowest BCUT2D eigenvalue weighted by Crippen LogP contribution is -2.45. The number of likely N-dealkylation sites (N-methyl/N-ethyl adjacent to an activating group) is 1. The molecule has 1 unspecified atom stereocenters. The van der Waals surface area contributed by atoms with Crippen molar-refractivity contribution in [2.45, 2.75) is 25.8 Å². The Morgan fingerprint density at radius 2 is 2.38 bits per heavy atom. The predicted octanol–water partition coefficient (Wildman–Crippen LogP) is 1.42. The van der Waals surface area contributed by atoms with E-state index < -0.39 is 0 Å². The van der Waals surface area contributed by atoms with Gasteiger partial charge >= 0.3 is 0 Å². The van der Waals surface area contributed by atoms with Gasteiger partial charge in [-0.25, -0.2) is 0 Å². The Labute approximate surface area is 86.5 Å². The van der Waals surface area contributed by atoms with Crippen LogP contribution < -0.4 is 5.32 Å². The summed E-state index contributed by atoms with van der Waals surface area (Å²) in [4.78, 5) is 2.59. The summed E-state index contributed by atoms with van der Waals surface area (Å²) in [6.07, 6.45) is 2.72. The first-order valence-corrected chi connectivity index (χ1v) is 6.49. The summed E-state index contributed by atoms with van der Waals surface area (Å²) in [5, 5.41) is 3.38. The second-order valence-corrected chi connectivity index (χ2v) is 5.02. The summed E-state index contributed by atoms with van der Waals surface area (Å²) >= 11 is 2.05. The van der Waals surface area contributed by atoms with Gasteiger partial charge in [-0.1, -0.05) is 6.92 Å². The van der Waals surface area contributed by atoms with Crippen molar-refractivity contribution < 1.29 is 0 Å². The molecular formula is C10H22N2S. The molecule has 1 N–H and O–H groups in total. The van der Waals surface area contributed by atoms with Crippen LogP contribution >= 0.6 is 11.8 Å². The number of hydrogen-bond acceptors (Lipinski definition) is 3. The summed E-state index contributed by atoms with van der Waals surface area (Å²) in [5.74, 6) is 2.55. The summed E-state index contributed by atoms with van der Waals surface area (Å²) in [5.41, 5.74) is 0. The van der Waals surface area contributed by atoms with Crippen LogP contribution in [-0.2, 0) is 0 Å². The normalized spacial score (nSPS) is 24.9. The molecule has 1 atom stereocenters. The van der Waals surface area contributed by atoms with Crippen LogP contribution in [0.4, 0.5) is 0 Å². The zero-order chi connectivity index (χ0) is 9.52. The Kier molecular flexibility index (Phi) is 5.83. The standard InChI is InChI=1S/C10H22N2S/c1-3-13-8-7-12-6-4-5-10(9-12)11-2/h10-11H,3-9H2,1-2H3. The molecule has 0 amide bonds. The molecule has 78 valence electrons. The zero-order valence-corrected chi connectivity index (χ0v) is 9.70. The summed E-state index contributed by atoms with van der Waals surface area (Å²) in [7, 11) is 2.08. The average Bonchev–Trinajstić information content (AvgIpc) is 2.19. The Morgan fingerprint density at radius 1 is 1.54 bits per heavy atom. The van der Waals surface area contributed by atoms with Crippen molar-refractivity contribution in [1.82, 2.24) is 10.2 Å². The molecule has 1 aliphatic heterocycles. The molecule has 3 heteroatoms. The number of rotatable bonds is 5. The maximum atomic E-state index is 3.38. The molecule has 1 fully saturated rings. The highest BCUT2D eigenvalue weighted by Gasteiger charge is 2.17. The van der Waals surface area contributed by atoms with Crippen LogP contribution in [0.2, 0.25) is 0 Å². The number of thioether (sulfide) groups is 1. The van der Waals surface area contributed by atoms with E-state index in [0.29, 0.717) is 0 Å². The molecule has 0 bridgehead atoms. The van der Waals surface area contributed by atoms with E-state index >= 15 is 0 Å². The Balaban J connectivity index is 2.11. The highest BCUT2D eigenvalue weighted by atomic mass is 32.2. The molecule has 0 spiro atoms. The molecule has 0 saturated carbocycles. The summed E-state index contributed by atoms with van der Waals surface area (Å²) < 4.78 is 0. The first-order chi connectivity index (χ1) is 6.36. The Hall–Kier alpha value is 0.270. The molecule has 0 aliphatic carbocycles. The van der Waals surface area contributed by atoms with Crippen molar-refractivity contribution in [2.75, 3.05) is 38.2 Å². The van der Waals surface area contributed by atoms with Crippen molar-refractivity contribution in [1.29, 1.82) is 0 Å². The van der Waals surface area contributed by atoms with E-state index in [1.165, 1.54) is 44.0 Å². The maximum absolute atomic E-state index is 3.38. The van der Waals surface area contributed by atoms with Crippen molar-refractivity contribution in [2.24, 2.45) is 0 Å². The van der Waals surface area contributed by atoms with Gasteiger partial charge in [0, 0.05) is 24.9 Å². The van der Waals surface area contributed by atoms with Gasteiger partial charge in [0.05, 0.1) is 0 Å². The number of likely N-dealkylation sites (tertiary alicyclic amines) is 1. The third-order valence-corrected chi connectivity index (χ3v) is 3.55. The molecular weight excluding hydrogens is 180 g/mol.